The Bertz CT molecular complexity index is 498. The number of carbonyl (C=O) groups is 1. The van der Waals surface area contributed by atoms with Crippen LogP contribution in [0.1, 0.15) is 79.6 Å². The average Bonchev–Trinajstić information content (AvgIpc) is 2.56. The van der Waals surface area contributed by atoms with Crippen LogP contribution in [0.15, 0.2) is 11.6 Å². The maximum absolute atomic E-state index is 10.9. The summed E-state index contributed by atoms with van der Waals surface area (Å²) >= 11 is 0. The number of allylic oxidation sites excluding steroid dienone is 1. The lowest BCUT2D eigenvalue weighted by Gasteiger charge is -2.58. The zero-order valence-corrected chi connectivity index (χ0v) is 16.9. The van der Waals surface area contributed by atoms with Crippen molar-refractivity contribution in [1.82, 2.24) is 0 Å². The molecule has 0 spiro atoms. The first-order valence-corrected chi connectivity index (χ1v) is 10.2. The number of carbonyl (C=O) groups excluding carboxylic acids is 1. The highest BCUT2D eigenvalue weighted by molar-refractivity contribution is 5.65. The molecule has 0 heterocycles. The molecule has 3 heteroatoms. The summed E-state index contributed by atoms with van der Waals surface area (Å²) in [5, 5.41) is 9.88. The fraction of sp³-hybridized carbons (Fsp3) is 0.864. The van der Waals surface area contributed by atoms with E-state index in [1.54, 1.807) is 0 Å². The van der Waals surface area contributed by atoms with E-state index in [9.17, 15) is 9.90 Å². The number of esters is 1. The van der Waals surface area contributed by atoms with Gasteiger partial charge in [0.25, 0.3) is 0 Å². The van der Waals surface area contributed by atoms with E-state index in [4.69, 9.17) is 4.74 Å². The summed E-state index contributed by atoms with van der Waals surface area (Å²) < 4.78 is 5.11. The predicted molar refractivity (Wildman–Crippen MR) is 102 cm³/mol. The van der Waals surface area contributed by atoms with Crippen molar-refractivity contribution in [2.24, 2.45) is 28.6 Å². The Balaban J connectivity index is 2.04. The van der Waals surface area contributed by atoms with Crippen LogP contribution in [-0.2, 0) is 9.53 Å². The Morgan fingerprint density at radius 2 is 2.08 bits per heavy atom. The summed E-state index contributed by atoms with van der Waals surface area (Å²) in [4.78, 5) is 10.9. The third-order valence-corrected chi connectivity index (χ3v) is 7.63. The highest BCUT2D eigenvalue weighted by Crippen LogP contribution is 2.61. The minimum Gasteiger partial charge on any atom is -0.466 e. The number of hydrogen-bond donors (Lipinski definition) is 1. The van der Waals surface area contributed by atoms with E-state index >= 15 is 0 Å². The molecule has 1 fully saturated rings. The van der Waals surface area contributed by atoms with Crippen molar-refractivity contribution in [3.8, 4) is 0 Å². The van der Waals surface area contributed by atoms with Gasteiger partial charge in [0.1, 0.15) is 0 Å². The molecule has 25 heavy (non-hydrogen) atoms. The molecule has 5 unspecified atom stereocenters. The fourth-order valence-corrected chi connectivity index (χ4v) is 5.55. The van der Waals surface area contributed by atoms with Crippen LogP contribution in [0.2, 0.25) is 0 Å². The van der Waals surface area contributed by atoms with Crippen LogP contribution in [-0.4, -0.2) is 24.3 Å². The van der Waals surface area contributed by atoms with Crippen LogP contribution in [0, 0.1) is 28.6 Å². The molecule has 1 saturated carbocycles. The normalized spacial score (nSPS) is 36.3. The van der Waals surface area contributed by atoms with Gasteiger partial charge < -0.3 is 9.84 Å². The minimum atomic E-state index is -0.179. The quantitative estimate of drug-likeness (QED) is 0.511. The molecular weight excluding hydrogens is 312 g/mol. The van der Waals surface area contributed by atoms with Crippen LogP contribution in [0.4, 0.5) is 0 Å². The monoisotopic (exact) mass is 350 g/mol. The van der Waals surface area contributed by atoms with Crippen molar-refractivity contribution in [2.45, 2.75) is 79.6 Å². The zero-order valence-electron chi connectivity index (χ0n) is 16.9. The summed E-state index contributed by atoms with van der Waals surface area (Å²) in [6.45, 7) is 11.8. The molecule has 0 saturated heterocycles. The molecule has 0 aliphatic heterocycles. The molecular formula is C22H38O3. The summed E-state index contributed by atoms with van der Waals surface area (Å²) in [5.41, 5.74) is 1.79. The Kier molecular flexibility index (Phi) is 6.75. The van der Waals surface area contributed by atoms with Gasteiger partial charge in [-0.3, -0.25) is 4.79 Å². The predicted octanol–water partition coefficient (Wildman–Crippen LogP) is 5.13. The number of hydrogen-bond acceptors (Lipinski definition) is 3. The highest BCUT2D eigenvalue weighted by Gasteiger charge is 2.53. The van der Waals surface area contributed by atoms with Gasteiger partial charge in [0.15, 0.2) is 0 Å². The number of rotatable bonds is 7. The third-order valence-electron chi connectivity index (χ3n) is 7.63. The highest BCUT2D eigenvalue weighted by atomic mass is 16.5. The SMILES string of the molecule is CC(=O)OCCC(C)CCC1(C)C(C)CCC2(C)C(CO)=CCCC21. The first-order valence-electron chi connectivity index (χ1n) is 10.2. The number of aliphatic hydroxyl groups excluding tert-OH is 1. The Morgan fingerprint density at radius 3 is 2.72 bits per heavy atom. The van der Waals surface area contributed by atoms with Gasteiger partial charge in [0.05, 0.1) is 13.2 Å². The lowest BCUT2D eigenvalue weighted by Crippen LogP contribution is -2.50. The summed E-state index contributed by atoms with van der Waals surface area (Å²) in [6, 6.07) is 0. The Hall–Kier alpha value is -0.830. The zero-order chi connectivity index (χ0) is 18.7. The molecule has 3 nitrogen and oxygen atoms in total. The maximum atomic E-state index is 10.9. The second-order valence-corrected chi connectivity index (χ2v) is 9.15. The molecule has 5 atom stereocenters. The second-order valence-electron chi connectivity index (χ2n) is 9.15. The molecule has 1 N–H and O–H groups in total. The molecule has 0 aromatic rings. The third kappa shape index (κ3) is 4.30. The summed E-state index contributed by atoms with van der Waals surface area (Å²) in [5.74, 6) is 1.79. The van der Waals surface area contributed by atoms with Crippen molar-refractivity contribution in [2.75, 3.05) is 13.2 Å². The molecule has 0 radical (unpaired) electrons. The van der Waals surface area contributed by atoms with Gasteiger partial charge in [-0.25, -0.2) is 0 Å². The smallest absolute Gasteiger partial charge is 0.302 e. The summed E-state index contributed by atoms with van der Waals surface area (Å²) in [7, 11) is 0. The molecule has 2 aliphatic carbocycles. The summed E-state index contributed by atoms with van der Waals surface area (Å²) in [6.07, 6.45) is 10.5. The second kappa shape index (κ2) is 8.24. The van der Waals surface area contributed by atoms with Crippen molar-refractivity contribution in [1.29, 1.82) is 0 Å². The van der Waals surface area contributed by atoms with Gasteiger partial charge in [0, 0.05) is 6.92 Å². The average molecular weight is 351 g/mol. The van der Waals surface area contributed by atoms with Gasteiger partial charge in [-0.15, -0.1) is 0 Å². The Morgan fingerprint density at radius 1 is 1.36 bits per heavy atom. The first-order chi connectivity index (χ1) is 11.7. The van der Waals surface area contributed by atoms with Crippen molar-refractivity contribution >= 4 is 5.97 Å². The van der Waals surface area contributed by atoms with Gasteiger partial charge in [-0.05, 0) is 72.7 Å². The van der Waals surface area contributed by atoms with E-state index in [1.165, 1.54) is 44.6 Å². The van der Waals surface area contributed by atoms with Crippen LogP contribution >= 0.6 is 0 Å². The Labute approximate surface area is 154 Å². The van der Waals surface area contributed by atoms with Gasteiger partial charge in [-0.2, -0.15) is 0 Å². The van der Waals surface area contributed by atoms with E-state index < -0.39 is 0 Å². The standard InChI is InChI=1S/C22H38O3/c1-16(11-14-25-18(3)24)9-12-21(4)17(2)10-13-22(5)19(15-23)7-6-8-20(21)22/h7,16-17,20,23H,6,8-15H2,1-5H3. The van der Waals surface area contributed by atoms with Crippen molar-refractivity contribution < 1.29 is 14.6 Å². The van der Waals surface area contributed by atoms with E-state index in [1.807, 2.05) is 0 Å². The largest absolute Gasteiger partial charge is 0.466 e. The minimum absolute atomic E-state index is 0.176. The molecule has 0 amide bonds. The van der Waals surface area contributed by atoms with Crippen LogP contribution < -0.4 is 0 Å². The number of ether oxygens (including phenoxy) is 1. The van der Waals surface area contributed by atoms with E-state index in [-0.39, 0.29) is 18.0 Å². The van der Waals surface area contributed by atoms with Crippen LogP contribution in [0.25, 0.3) is 0 Å². The van der Waals surface area contributed by atoms with Crippen molar-refractivity contribution in [3.05, 3.63) is 11.6 Å². The van der Waals surface area contributed by atoms with E-state index in [2.05, 4.69) is 33.8 Å². The molecule has 0 bridgehead atoms. The number of fused-ring (bicyclic) bond motifs is 1. The molecule has 0 aromatic carbocycles. The first kappa shape index (κ1) is 20.5. The fourth-order valence-electron chi connectivity index (χ4n) is 5.55. The van der Waals surface area contributed by atoms with Gasteiger partial charge in [-0.1, -0.05) is 40.2 Å². The molecule has 2 aliphatic rings. The maximum Gasteiger partial charge on any atom is 0.302 e. The molecule has 2 rings (SSSR count). The van der Waals surface area contributed by atoms with Crippen LogP contribution in [0.3, 0.4) is 0 Å². The molecule has 144 valence electrons. The van der Waals surface area contributed by atoms with Gasteiger partial charge in [0.2, 0.25) is 0 Å². The lowest BCUT2D eigenvalue weighted by atomic mass is 9.46. The van der Waals surface area contributed by atoms with E-state index in [0.29, 0.717) is 23.9 Å². The van der Waals surface area contributed by atoms with Crippen molar-refractivity contribution in [3.63, 3.8) is 0 Å². The number of aliphatic hydroxyl groups is 1. The van der Waals surface area contributed by atoms with Gasteiger partial charge >= 0.3 is 5.97 Å². The topological polar surface area (TPSA) is 46.5 Å². The molecule has 0 aromatic heterocycles. The van der Waals surface area contributed by atoms with Crippen LogP contribution in [0.5, 0.6) is 0 Å². The lowest BCUT2D eigenvalue weighted by molar-refractivity contribution is -0.141. The van der Waals surface area contributed by atoms with E-state index in [0.717, 1.165) is 18.8 Å².